The fourth-order valence-corrected chi connectivity index (χ4v) is 6.06. The minimum Gasteiger partial charge on any atom is -0.482 e. The van der Waals surface area contributed by atoms with Gasteiger partial charge in [-0.05, 0) is 48.6 Å². The Kier molecular flexibility index (Phi) is 8.57. The Bertz CT molecular complexity index is 1480. The van der Waals surface area contributed by atoms with E-state index < -0.39 is 0 Å². The molecule has 222 valence electrons. The maximum Gasteiger partial charge on any atom is 0.251 e. The highest BCUT2D eigenvalue weighted by Gasteiger charge is 2.31. The molecule has 42 heavy (non-hydrogen) atoms. The maximum atomic E-state index is 13.8. The molecule has 2 fully saturated rings. The van der Waals surface area contributed by atoms with E-state index in [-0.39, 0.29) is 23.9 Å². The summed E-state index contributed by atoms with van der Waals surface area (Å²) in [4.78, 5) is 31.9. The lowest BCUT2D eigenvalue weighted by Gasteiger charge is -2.33. The average molecular weight is 574 g/mol. The number of rotatable bonds is 8. The number of ether oxygens (including phenoxy) is 3. The van der Waals surface area contributed by atoms with Crippen molar-refractivity contribution in [3.8, 4) is 17.0 Å². The fourth-order valence-electron chi connectivity index (χ4n) is 6.06. The number of amides is 1. The minimum atomic E-state index is -0.227. The Morgan fingerprint density at radius 2 is 1.76 bits per heavy atom. The number of hydrazine groups is 1. The molecule has 0 atom stereocenters. The number of H-pyrrole nitrogens is 1. The van der Waals surface area contributed by atoms with Crippen molar-refractivity contribution in [3.05, 3.63) is 80.6 Å². The van der Waals surface area contributed by atoms with E-state index in [1.807, 2.05) is 6.07 Å². The third kappa shape index (κ3) is 6.07. The molecular formula is C32H39N5O5. The molecule has 1 aromatic heterocycles. The monoisotopic (exact) mass is 573 g/mol. The number of aromatic amines is 1. The van der Waals surface area contributed by atoms with Crippen molar-refractivity contribution in [1.82, 2.24) is 20.6 Å². The number of pyridine rings is 1. The van der Waals surface area contributed by atoms with Crippen LogP contribution >= 0.6 is 0 Å². The normalized spacial score (nSPS) is 17.7. The molecule has 0 aliphatic carbocycles. The summed E-state index contributed by atoms with van der Waals surface area (Å²) in [7, 11) is 1.51. The summed E-state index contributed by atoms with van der Waals surface area (Å²) in [6.45, 7) is 8.21. The van der Waals surface area contributed by atoms with E-state index in [0.717, 1.165) is 81.3 Å². The molecule has 3 aliphatic heterocycles. The van der Waals surface area contributed by atoms with Gasteiger partial charge in [0.15, 0.2) is 11.3 Å². The largest absolute Gasteiger partial charge is 0.482 e. The molecule has 0 spiro atoms. The number of hydrogen-bond donors (Lipinski definition) is 3. The van der Waals surface area contributed by atoms with Gasteiger partial charge in [-0.2, -0.15) is 0 Å². The number of morpholine rings is 1. The molecule has 0 unspecified atom stereocenters. The highest BCUT2D eigenvalue weighted by atomic mass is 16.5. The van der Waals surface area contributed by atoms with Gasteiger partial charge in [-0.25, -0.2) is 5.43 Å². The number of carbonyl (C=O) groups is 1. The summed E-state index contributed by atoms with van der Waals surface area (Å²) < 4.78 is 16.5. The highest BCUT2D eigenvalue weighted by Crippen LogP contribution is 2.37. The van der Waals surface area contributed by atoms with E-state index in [1.165, 1.54) is 18.7 Å². The van der Waals surface area contributed by atoms with E-state index in [0.29, 0.717) is 29.2 Å². The summed E-state index contributed by atoms with van der Waals surface area (Å²) in [5, 5.41) is 5.21. The SMILES string of the molecule is COc1[nH]c(C)cc(=O)c1CNC(=O)c1cc(-c2ccc(CN3CCOCC3)cc2)cc2c1CNN2C1CCOCC1. The van der Waals surface area contributed by atoms with Gasteiger partial charge >= 0.3 is 0 Å². The number of aromatic nitrogens is 1. The predicted molar refractivity (Wildman–Crippen MR) is 161 cm³/mol. The van der Waals surface area contributed by atoms with Gasteiger partial charge in [-0.15, -0.1) is 0 Å². The quantitative estimate of drug-likeness (QED) is 0.377. The lowest BCUT2D eigenvalue weighted by molar-refractivity contribution is 0.0342. The fraction of sp³-hybridized carbons (Fsp3) is 0.438. The summed E-state index contributed by atoms with van der Waals surface area (Å²) in [6, 6.07) is 14.6. The van der Waals surface area contributed by atoms with Gasteiger partial charge in [0, 0.05) is 68.3 Å². The van der Waals surface area contributed by atoms with Crippen LogP contribution < -0.4 is 25.9 Å². The summed E-state index contributed by atoms with van der Waals surface area (Å²) >= 11 is 0. The Hall–Kier alpha value is -3.70. The van der Waals surface area contributed by atoms with E-state index in [4.69, 9.17) is 14.2 Å². The number of fused-ring (bicyclic) bond motifs is 1. The number of carbonyl (C=O) groups excluding carboxylic acids is 1. The number of nitrogens with one attached hydrogen (secondary N) is 3. The maximum absolute atomic E-state index is 13.8. The van der Waals surface area contributed by atoms with Gasteiger partial charge in [0.25, 0.3) is 5.91 Å². The minimum absolute atomic E-state index is 0.0595. The van der Waals surface area contributed by atoms with Crippen molar-refractivity contribution in [3.63, 3.8) is 0 Å². The van der Waals surface area contributed by atoms with Crippen LogP contribution in [0, 0.1) is 6.92 Å². The van der Waals surface area contributed by atoms with Crippen molar-refractivity contribution in [2.24, 2.45) is 0 Å². The van der Waals surface area contributed by atoms with Gasteiger partial charge < -0.3 is 29.5 Å². The van der Waals surface area contributed by atoms with Crippen molar-refractivity contribution >= 4 is 11.6 Å². The van der Waals surface area contributed by atoms with Crippen LogP contribution in [0.1, 0.15) is 45.6 Å². The van der Waals surface area contributed by atoms with Crippen molar-refractivity contribution in [2.45, 2.75) is 45.4 Å². The first-order valence-corrected chi connectivity index (χ1v) is 14.7. The van der Waals surface area contributed by atoms with Crippen molar-refractivity contribution in [2.75, 3.05) is 51.6 Å². The molecule has 2 aromatic carbocycles. The van der Waals surface area contributed by atoms with Gasteiger partial charge in [0.2, 0.25) is 0 Å². The standard InChI is InChI=1S/C32H39N5O5/c1-21-15-30(38)28(32(35-21)40-2)18-33-31(39)26-16-24(17-29-27(26)19-34-37(29)25-7-11-41-12-8-25)23-5-3-22(4-6-23)20-36-9-13-42-14-10-36/h3-6,15-17,25,34H,7-14,18-20H2,1-2H3,(H,33,39)(H,35,38). The van der Waals surface area contributed by atoms with Gasteiger partial charge in [0.1, 0.15) is 0 Å². The number of methoxy groups -OCH3 is 1. The lowest BCUT2D eigenvalue weighted by atomic mass is 9.95. The van der Waals surface area contributed by atoms with Crippen LogP contribution in [0.15, 0.2) is 47.3 Å². The summed E-state index contributed by atoms with van der Waals surface area (Å²) in [5.74, 6) is 0.138. The summed E-state index contributed by atoms with van der Waals surface area (Å²) in [5.41, 5.74) is 10.3. The number of anilines is 1. The predicted octanol–water partition coefficient (Wildman–Crippen LogP) is 3.12. The highest BCUT2D eigenvalue weighted by molar-refractivity contribution is 5.99. The molecule has 6 rings (SSSR count). The second-order valence-corrected chi connectivity index (χ2v) is 11.2. The van der Waals surface area contributed by atoms with Gasteiger partial charge in [-0.1, -0.05) is 24.3 Å². The van der Waals surface area contributed by atoms with E-state index in [2.05, 4.69) is 56.0 Å². The molecular weight excluding hydrogens is 534 g/mol. The van der Waals surface area contributed by atoms with E-state index in [1.54, 1.807) is 6.92 Å². The number of nitrogens with zero attached hydrogens (tertiary/aromatic N) is 2. The number of benzene rings is 2. The second kappa shape index (κ2) is 12.7. The van der Waals surface area contributed by atoms with Crippen LogP contribution in [-0.4, -0.2) is 68.5 Å². The first-order valence-electron chi connectivity index (χ1n) is 14.7. The zero-order valence-electron chi connectivity index (χ0n) is 24.3. The Morgan fingerprint density at radius 3 is 2.50 bits per heavy atom. The van der Waals surface area contributed by atoms with Crippen LogP contribution in [0.25, 0.3) is 11.1 Å². The number of aryl methyl sites for hydroxylation is 1. The van der Waals surface area contributed by atoms with Crippen LogP contribution in [0.2, 0.25) is 0 Å². The third-order valence-corrected chi connectivity index (χ3v) is 8.37. The average Bonchev–Trinajstić information content (AvgIpc) is 3.45. The second-order valence-electron chi connectivity index (χ2n) is 11.2. The molecule has 3 aliphatic rings. The molecule has 4 heterocycles. The van der Waals surface area contributed by atoms with Crippen LogP contribution in [0.5, 0.6) is 5.88 Å². The molecule has 1 amide bonds. The topological polar surface area (TPSA) is 108 Å². The first kappa shape index (κ1) is 28.4. The van der Waals surface area contributed by atoms with Crippen molar-refractivity contribution in [1.29, 1.82) is 0 Å². The first-order chi connectivity index (χ1) is 20.5. The van der Waals surface area contributed by atoms with Gasteiger partial charge in [-0.3, -0.25) is 14.5 Å². The molecule has 3 N–H and O–H groups in total. The molecule has 0 bridgehead atoms. The van der Waals surface area contributed by atoms with Crippen LogP contribution in [0.3, 0.4) is 0 Å². The molecule has 10 heteroatoms. The zero-order valence-corrected chi connectivity index (χ0v) is 24.3. The summed E-state index contributed by atoms with van der Waals surface area (Å²) in [6.07, 6.45) is 1.84. The van der Waals surface area contributed by atoms with E-state index >= 15 is 0 Å². The van der Waals surface area contributed by atoms with Crippen LogP contribution in [0.4, 0.5) is 5.69 Å². The Balaban J connectivity index is 1.30. The molecule has 0 radical (unpaired) electrons. The molecule has 0 saturated carbocycles. The molecule has 10 nitrogen and oxygen atoms in total. The lowest BCUT2D eigenvalue weighted by Crippen LogP contribution is -2.44. The number of hydrogen-bond acceptors (Lipinski definition) is 8. The Morgan fingerprint density at radius 1 is 1.02 bits per heavy atom. The smallest absolute Gasteiger partial charge is 0.251 e. The van der Waals surface area contributed by atoms with E-state index in [9.17, 15) is 9.59 Å². The van der Waals surface area contributed by atoms with Crippen LogP contribution in [-0.2, 0) is 29.1 Å². The third-order valence-electron chi connectivity index (χ3n) is 8.37. The zero-order chi connectivity index (χ0) is 29.1. The van der Waals surface area contributed by atoms with Gasteiger partial charge in [0.05, 0.1) is 38.1 Å². The molecule has 3 aromatic rings. The van der Waals surface area contributed by atoms with Crippen molar-refractivity contribution < 1.29 is 19.0 Å². The Labute approximate surface area is 245 Å². The molecule has 2 saturated heterocycles.